The van der Waals surface area contributed by atoms with Gasteiger partial charge in [0.2, 0.25) is 5.91 Å². The molecule has 0 bridgehead atoms. The van der Waals surface area contributed by atoms with Gasteiger partial charge in [-0.2, -0.15) is 0 Å². The van der Waals surface area contributed by atoms with Crippen LogP contribution in [0.25, 0.3) is 0 Å². The van der Waals surface area contributed by atoms with Gasteiger partial charge in [0, 0.05) is 32.0 Å². The first-order valence-electron chi connectivity index (χ1n) is 12.4. The molecule has 1 saturated heterocycles. The van der Waals surface area contributed by atoms with Gasteiger partial charge in [0.05, 0.1) is 12.2 Å². The standard InChI is InChI=1S/C29H41NO3/c1-21(2)28-19-29(16-18-32-28,26-11-7-23(5)8-12-26)15-17-30(24(6)31)20-25-9-13-27(14-10-25)33-22(3)4/h7-14,21-22,28H,15-20H2,1-6H3. The molecule has 3 rings (SSSR count). The molecule has 0 N–H and O–H groups in total. The normalized spacial score (nSPS) is 20.8. The van der Waals surface area contributed by atoms with E-state index in [0.717, 1.165) is 43.7 Å². The molecule has 2 aromatic rings. The van der Waals surface area contributed by atoms with Crippen LogP contribution in [-0.4, -0.2) is 36.2 Å². The van der Waals surface area contributed by atoms with Crippen LogP contribution in [0.5, 0.6) is 5.75 Å². The number of carbonyl (C=O) groups is 1. The van der Waals surface area contributed by atoms with Crippen molar-refractivity contribution < 1.29 is 14.3 Å². The maximum atomic E-state index is 12.6. The summed E-state index contributed by atoms with van der Waals surface area (Å²) in [6.45, 7) is 14.5. The van der Waals surface area contributed by atoms with Gasteiger partial charge in [-0.3, -0.25) is 4.79 Å². The number of hydrogen-bond acceptors (Lipinski definition) is 3. The van der Waals surface area contributed by atoms with Gasteiger partial charge in [-0.15, -0.1) is 0 Å². The SMILES string of the molecule is CC(=O)N(CCC1(c2ccc(C)cc2)CCOC(C(C)C)C1)Cc1ccc(OC(C)C)cc1. The Morgan fingerprint density at radius 1 is 1.09 bits per heavy atom. The Morgan fingerprint density at radius 3 is 2.33 bits per heavy atom. The molecule has 0 aliphatic carbocycles. The van der Waals surface area contributed by atoms with Crippen LogP contribution < -0.4 is 4.74 Å². The highest BCUT2D eigenvalue weighted by molar-refractivity contribution is 5.73. The van der Waals surface area contributed by atoms with Crippen molar-refractivity contribution in [1.82, 2.24) is 4.90 Å². The average Bonchev–Trinajstić information content (AvgIpc) is 2.77. The van der Waals surface area contributed by atoms with Crippen LogP contribution in [0.2, 0.25) is 0 Å². The molecule has 180 valence electrons. The fraction of sp³-hybridized carbons (Fsp3) is 0.552. The van der Waals surface area contributed by atoms with Crippen molar-refractivity contribution in [2.45, 2.75) is 85.0 Å². The molecule has 1 amide bonds. The van der Waals surface area contributed by atoms with Crippen LogP contribution in [0.15, 0.2) is 48.5 Å². The van der Waals surface area contributed by atoms with E-state index in [9.17, 15) is 4.79 Å². The minimum Gasteiger partial charge on any atom is -0.491 e. The van der Waals surface area contributed by atoms with Crippen molar-refractivity contribution in [2.24, 2.45) is 5.92 Å². The first kappa shape index (κ1) is 25.3. The van der Waals surface area contributed by atoms with E-state index in [4.69, 9.17) is 9.47 Å². The zero-order chi connectivity index (χ0) is 24.0. The smallest absolute Gasteiger partial charge is 0.219 e. The fourth-order valence-corrected chi connectivity index (χ4v) is 4.78. The molecule has 1 heterocycles. The maximum Gasteiger partial charge on any atom is 0.219 e. The number of benzene rings is 2. The maximum absolute atomic E-state index is 12.6. The Bertz CT molecular complexity index is 888. The van der Waals surface area contributed by atoms with Crippen LogP contribution in [0.1, 0.15) is 70.6 Å². The highest BCUT2D eigenvalue weighted by atomic mass is 16.5. The summed E-state index contributed by atoms with van der Waals surface area (Å²) in [6.07, 6.45) is 3.33. The second-order valence-corrected chi connectivity index (χ2v) is 10.3. The van der Waals surface area contributed by atoms with Crippen LogP contribution >= 0.6 is 0 Å². The van der Waals surface area contributed by atoms with Crippen LogP contribution in [0.4, 0.5) is 0 Å². The summed E-state index contributed by atoms with van der Waals surface area (Å²) >= 11 is 0. The van der Waals surface area contributed by atoms with E-state index < -0.39 is 0 Å². The highest BCUT2D eigenvalue weighted by Crippen LogP contribution is 2.42. The Labute approximate surface area is 200 Å². The largest absolute Gasteiger partial charge is 0.491 e. The summed E-state index contributed by atoms with van der Waals surface area (Å²) in [4.78, 5) is 14.5. The lowest BCUT2D eigenvalue weighted by molar-refractivity contribution is -0.130. The molecule has 0 radical (unpaired) electrons. The zero-order valence-electron chi connectivity index (χ0n) is 21.3. The summed E-state index contributed by atoms with van der Waals surface area (Å²) in [5.74, 6) is 1.46. The summed E-state index contributed by atoms with van der Waals surface area (Å²) < 4.78 is 11.9. The highest BCUT2D eigenvalue weighted by Gasteiger charge is 2.39. The minimum atomic E-state index is 0.0313. The fourth-order valence-electron chi connectivity index (χ4n) is 4.78. The number of aryl methyl sites for hydroxylation is 1. The molecule has 4 nitrogen and oxygen atoms in total. The molecule has 1 aliphatic heterocycles. The Kier molecular flexibility index (Phi) is 8.58. The Morgan fingerprint density at radius 2 is 1.76 bits per heavy atom. The van der Waals surface area contributed by atoms with Crippen molar-refractivity contribution in [1.29, 1.82) is 0 Å². The minimum absolute atomic E-state index is 0.0313. The molecule has 2 aromatic carbocycles. The lowest BCUT2D eigenvalue weighted by Crippen LogP contribution is -2.43. The average molecular weight is 452 g/mol. The van der Waals surface area contributed by atoms with Crippen LogP contribution in [0.3, 0.4) is 0 Å². The second-order valence-electron chi connectivity index (χ2n) is 10.3. The van der Waals surface area contributed by atoms with Gasteiger partial charge in [0.15, 0.2) is 0 Å². The molecule has 0 spiro atoms. The summed E-state index contributed by atoms with van der Waals surface area (Å²) in [5, 5.41) is 0. The lowest BCUT2D eigenvalue weighted by Gasteiger charge is -2.44. The molecular formula is C29H41NO3. The van der Waals surface area contributed by atoms with Gasteiger partial charge >= 0.3 is 0 Å². The second kappa shape index (κ2) is 11.2. The van der Waals surface area contributed by atoms with E-state index in [1.54, 1.807) is 6.92 Å². The van der Waals surface area contributed by atoms with Crippen molar-refractivity contribution >= 4 is 5.91 Å². The summed E-state index contributed by atoms with van der Waals surface area (Å²) in [6, 6.07) is 17.1. The quantitative estimate of drug-likeness (QED) is 0.449. The van der Waals surface area contributed by atoms with E-state index in [1.165, 1.54) is 11.1 Å². The predicted octanol–water partition coefficient (Wildman–Crippen LogP) is 6.29. The molecule has 0 aromatic heterocycles. The van der Waals surface area contributed by atoms with Gasteiger partial charge in [0.25, 0.3) is 0 Å². The predicted molar refractivity (Wildman–Crippen MR) is 135 cm³/mol. The molecule has 33 heavy (non-hydrogen) atoms. The van der Waals surface area contributed by atoms with E-state index in [0.29, 0.717) is 12.5 Å². The Balaban J connectivity index is 1.77. The number of hydrogen-bond donors (Lipinski definition) is 0. The molecule has 1 fully saturated rings. The van der Waals surface area contributed by atoms with Crippen molar-refractivity contribution in [3.63, 3.8) is 0 Å². The van der Waals surface area contributed by atoms with Crippen molar-refractivity contribution in [3.8, 4) is 5.75 Å². The molecular weight excluding hydrogens is 410 g/mol. The lowest BCUT2D eigenvalue weighted by atomic mass is 9.68. The third kappa shape index (κ3) is 6.83. The van der Waals surface area contributed by atoms with Gasteiger partial charge in [0.1, 0.15) is 5.75 Å². The van der Waals surface area contributed by atoms with E-state index in [-0.39, 0.29) is 23.5 Å². The third-order valence-corrected chi connectivity index (χ3v) is 6.89. The molecule has 1 aliphatic rings. The van der Waals surface area contributed by atoms with Crippen LogP contribution in [-0.2, 0) is 21.5 Å². The molecule has 0 saturated carbocycles. The number of nitrogens with zero attached hydrogens (tertiary/aromatic N) is 1. The van der Waals surface area contributed by atoms with Gasteiger partial charge in [-0.25, -0.2) is 0 Å². The van der Waals surface area contributed by atoms with Crippen molar-refractivity contribution in [3.05, 3.63) is 65.2 Å². The summed E-state index contributed by atoms with van der Waals surface area (Å²) in [7, 11) is 0. The van der Waals surface area contributed by atoms with Gasteiger partial charge in [-0.1, -0.05) is 55.8 Å². The molecule has 4 heteroatoms. The molecule has 2 atom stereocenters. The van der Waals surface area contributed by atoms with Crippen LogP contribution in [0, 0.1) is 12.8 Å². The third-order valence-electron chi connectivity index (χ3n) is 6.89. The monoisotopic (exact) mass is 451 g/mol. The van der Waals surface area contributed by atoms with Crippen molar-refractivity contribution in [2.75, 3.05) is 13.2 Å². The van der Waals surface area contributed by atoms with Gasteiger partial charge in [-0.05, 0) is 69.2 Å². The van der Waals surface area contributed by atoms with E-state index >= 15 is 0 Å². The Hall–Kier alpha value is -2.33. The van der Waals surface area contributed by atoms with Gasteiger partial charge < -0.3 is 14.4 Å². The zero-order valence-corrected chi connectivity index (χ0v) is 21.3. The summed E-state index contributed by atoms with van der Waals surface area (Å²) in [5.41, 5.74) is 3.80. The number of ether oxygens (including phenoxy) is 2. The number of carbonyl (C=O) groups excluding carboxylic acids is 1. The molecule has 2 unspecified atom stereocenters. The number of rotatable bonds is 9. The van der Waals surface area contributed by atoms with E-state index in [2.05, 4.69) is 57.2 Å². The number of amides is 1. The topological polar surface area (TPSA) is 38.8 Å². The first-order chi connectivity index (χ1) is 15.7. The first-order valence-corrected chi connectivity index (χ1v) is 12.4. The van der Waals surface area contributed by atoms with E-state index in [1.807, 2.05) is 30.9 Å².